The van der Waals surface area contributed by atoms with Crippen molar-refractivity contribution in [3.63, 3.8) is 0 Å². The van der Waals surface area contributed by atoms with E-state index >= 15 is 0 Å². The molecule has 0 spiro atoms. The maximum Gasteiger partial charge on any atom is 0.242 e. The Morgan fingerprint density at radius 3 is 3.08 bits per heavy atom. The van der Waals surface area contributed by atoms with Gasteiger partial charge in [0.05, 0.1) is 19.7 Å². The van der Waals surface area contributed by atoms with Crippen LogP contribution in [0.3, 0.4) is 0 Å². The van der Waals surface area contributed by atoms with E-state index in [4.69, 9.17) is 4.74 Å². The summed E-state index contributed by atoms with van der Waals surface area (Å²) >= 11 is 0. The third kappa shape index (κ3) is 3.11. The molecular formula is C18H23N5O2. The van der Waals surface area contributed by atoms with Gasteiger partial charge in [-0.1, -0.05) is 18.2 Å². The number of carbonyl (C=O) groups is 1. The van der Waals surface area contributed by atoms with E-state index < -0.39 is 0 Å². The summed E-state index contributed by atoms with van der Waals surface area (Å²) in [6, 6.07) is 8.33. The van der Waals surface area contributed by atoms with Crippen LogP contribution in [0, 0.1) is 0 Å². The number of aryl methyl sites for hydroxylation is 1. The van der Waals surface area contributed by atoms with Gasteiger partial charge in [0.2, 0.25) is 5.91 Å². The maximum atomic E-state index is 12.8. The highest BCUT2D eigenvalue weighted by molar-refractivity contribution is 5.82. The Balaban J connectivity index is 1.42. The van der Waals surface area contributed by atoms with E-state index in [9.17, 15) is 4.79 Å². The van der Waals surface area contributed by atoms with E-state index in [1.54, 1.807) is 6.33 Å². The normalized spacial score (nSPS) is 20.0. The van der Waals surface area contributed by atoms with Crippen LogP contribution in [0.15, 0.2) is 30.6 Å². The molecule has 2 aliphatic rings. The number of hydrogen-bond donors (Lipinski definition) is 0. The number of nitrogens with zero attached hydrogens (tertiary/aromatic N) is 5. The third-order valence-corrected chi connectivity index (χ3v) is 5.00. The van der Waals surface area contributed by atoms with Gasteiger partial charge in [-0.25, -0.2) is 0 Å². The maximum absolute atomic E-state index is 12.8. The van der Waals surface area contributed by atoms with Gasteiger partial charge in [0.25, 0.3) is 0 Å². The summed E-state index contributed by atoms with van der Waals surface area (Å²) in [7, 11) is 0. The molecule has 132 valence electrons. The molecule has 0 radical (unpaired) electrons. The predicted molar refractivity (Wildman–Crippen MR) is 93.3 cm³/mol. The van der Waals surface area contributed by atoms with Crippen molar-refractivity contribution in [2.24, 2.45) is 0 Å². The van der Waals surface area contributed by atoms with Gasteiger partial charge < -0.3 is 19.1 Å². The summed E-state index contributed by atoms with van der Waals surface area (Å²) in [6.45, 7) is 5.86. The molecule has 1 amide bonds. The summed E-state index contributed by atoms with van der Waals surface area (Å²) in [4.78, 5) is 16.9. The molecule has 2 aromatic rings. The fourth-order valence-electron chi connectivity index (χ4n) is 3.62. The van der Waals surface area contributed by atoms with Gasteiger partial charge in [-0.3, -0.25) is 4.79 Å². The van der Waals surface area contributed by atoms with Crippen molar-refractivity contribution in [1.29, 1.82) is 0 Å². The van der Waals surface area contributed by atoms with Crippen LogP contribution in [0.5, 0.6) is 0 Å². The van der Waals surface area contributed by atoms with E-state index in [0.29, 0.717) is 26.2 Å². The van der Waals surface area contributed by atoms with Crippen LogP contribution in [0.1, 0.15) is 24.4 Å². The standard InChI is InChI=1S/C18H23N5O2/c1-2-21-13-19-20-18(21)16-11-23(9-10-25-16)17(24)12-22-8-7-14-5-3-4-6-15(14)22/h3-6,13,16H,2,7-12H2,1H3/t16-/m0/s1. The van der Waals surface area contributed by atoms with Crippen LogP contribution >= 0.6 is 0 Å². The summed E-state index contributed by atoms with van der Waals surface area (Å²) in [6.07, 6.45) is 2.51. The van der Waals surface area contributed by atoms with Crippen LogP contribution in [0.2, 0.25) is 0 Å². The Morgan fingerprint density at radius 2 is 2.20 bits per heavy atom. The molecule has 0 unspecified atom stereocenters. The number of fused-ring (bicyclic) bond motifs is 1. The lowest BCUT2D eigenvalue weighted by atomic mass is 10.2. The van der Waals surface area contributed by atoms with Crippen molar-refractivity contribution >= 4 is 11.6 Å². The lowest BCUT2D eigenvalue weighted by Crippen LogP contribution is -2.47. The summed E-state index contributed by atoms with van der Waals surface area (Å²) in [5.74, 6) is 0.944. The lowest BCUT2D eigenvalue weighted by molar-refractivity contribution is -0.137. The zero-order valence-electron chi connectivity index (χ0n) is 14.5. The van der Waals surface area contributed by atoms with Crippen molar-refractivity contribution < 1.29 is 9.53 Å². The first kappa shape index (κ1) is 16.1. The number of para-hydroxylation sites is 1. The Bertz CT molecular complexity index is 759. The van der Waals surface area contributed by atoms with Gasteiger partial charge in [-0.2, -0.15) is 0 Å². The smallest absolute Gasteiger partial charge is 0.242 e. The first-order chi connectivity index (χ1) is 12.3. The van der Waals surface area contributed by atoms with E-state index in [1.807, 2.05) is 22.5 Å². The number of hydrogen-bond acceptors (Lipinski definition) is 5. The minimum atomic E-state index is -0.203. The third-order valence-electron chi connectivity index (χ3n) is 5.00. The van der Waals surface area contributed by atoms with E-state index in [1.165, 1.54) is 11.3 Å². The number of anilines is 1. The van der Waals surface area contributed by atoms with Gasteiger partial charge in [-0.15, -0.1) is 10.2 Å². The van der Waals surface area contributed by atoms with Crippen molar-refractivity contribution in [2.45, 2.75) is 26.0 Å². The zero-order valence-corrected chi connectivity index (χ0v) is 14.5. The van der Waals surface area contributed by atoms with Gasteiger partial charge in [0.15, 0.2) is 5.82 Å². The Labute approximate surface area is 147 Å². The van der Waals surface area contributed by atoms with Crippen LogP contribution < -0.4 is 4.90 Å². The Kier molecular flexibility index (Phi) is 4.40. The summed E-state index contributed by atoms with van der Waals surface area (Å²) in [5, 5.41) is 8.14. The highest BCUT2D eigenvalue weighted by Gasteiger charge is 2.30. The van der Waals surface area contributed by atoms with Crippen molar-refractivity contribution in [3.8, 4) is 0 Å². The van der Waals surface area contributed by atoms with Gasteiger partial charge >= 0.3 is 0 Å². The lowest BCUT2D eigenvalue weighted by Gasteiger charge is -2.33. The molecule has 1 aromatic carbocycles. The number of rotatable bonds is 4. The van der Waals surface area contributed by atoms with Gasteiger partial charge in [0, 0.05) is 25.3 Å². The molecule has 7 nitrogen and oxygen atoms in total. The molecule has 7 heteroatoms. The number of morpholine rings is 1. The molecule has 2 aliphatic heterocycles. The molecule has 0 saturated carbocycles. The topological polar surface area (TPSA) is 63.5 Å². The highest BCUT2D eigenvalue weighted by atomic mass is 16.5. The molecular weight excluding hydrogens is 318 g/mol. The zero-order chi connectivity index (χ0) is 17.2. The van der Waals surface area contributed by atoms with Crippen molar-refractivity contribution in [2.75, 3.05) is 37.7 Å². The largest absolute Gasteiger partial charge is 0.366 e. The molecule has 1 atom stereocenters. The number of carbonyl (C=O) groups excluding carboxylic acids is 1. The van der Waals surface area contributed by atoms with E-state index in [2.05, 4.69) is 33.3 Å². The highest BCUT2D eigenvalue weighted by Crippen LogP contribution is 2.27. The minimum absolute atomic E-state index is 0.146. The molecule has 0 bridgehead atoms. The van der Waals surface area contributed by atoms with Crippen LogP contribution in [0.25, 0.3) is 0 Å². The molecule has 1 fully saturated rings. The first-order valence-corrected chi connectivity index (χ1v) is 8.86. The van der Waals surface area contributed by atoms with Crippen molar-refractivity contribution in [1.82, 2.24) is 19.7 Å². The van der Waals surface area contributed by atoms with E-state index in [0.717, 1.165) is 25.3 Å². The molecule has 25 heavy (non-hydrogen) atoms. The first-order valence-electron chi connectivity index (χ1n) is 8.86. The second kappa shape index (κ2) is 6.84. The van der Waals surface area contributed by atoms with Crippen LogP contribution in [-0.4, -0.2) is 58.4 Å². The number of aromatic nitrogens is 3. The van der Waals surface area contributed by atoms with Crippen LogP contribution in [-0.2, 0) is 22.5 Å². The number of ether oxygens (including phenoxy) is 1. The average molecular weight is 341 g/mol. The summed E-state index contributed by atoms with van der Waals surface area (Å²) < 4.78 is 7.81. The molecule has 1 aromatic heterocycles. The van der Waals surface area contributed by atoms with Crippen LogP contribution in [0.4, 0.5) is 5.69 Å². The van der Waals surface area contributed by atoms with Gasteiger partial charge in [-0.05, 0) is 25.0 Å². The average Bonchev–Trinajstić information content (AvgIpc) is 3.29. The van der Waals surface area contributed by atoms with E-state index in [-0.39, 0.29) is 12.0 Å². The quantitative estimate of drug-likeness (QED) is 0.838. The van der Waals surface area contributed by atoms with Gasteiger partial charge in [0.1, 0.15) is 12.4 Å². The predicted octanol–water partition coefficient (Wildman–Crippen LogP) is 1.26. The Hall–Kier alpha value is -2.41. The number of benzene rings is 1. The fraction of sp³-hybridized carbons (Fsp3) is 0.500. The fourth-order valence-corrected chi connectivity index (χ4v) is 3.62. The Morgan fingerprint density at radius 1 is 1.32 bits per heavy atom. The minimum Gasteiger partial charge on any atom is -0.366 e. The monoisotopic (exact) mass is 341 g/mol. The summed E-state index contributed by atoms with van der Waals surface area (Å²) in [5.41, 5.74) is 2.51. The van der Waals surface area contributed by atoms with Crippen molar-refractivity contribution in [3.05, 3.63) is 42.0 Å². The molecule has 4 rings (SSSR count). The second-order valence-corrected chi connectivity index (χ2v) is 6.47. The molecule has 0 N–H and O–H groups in total. The molecule has 0 aliphatic carbocycles. The molecule has 3 heterocycles. The molecule has 1 saturated heterocycles. The second-order valence-electron chi connectivity index (χ2n) is 6.47. The SMILES string of the molecule is CCn1cnnc1[C@@H]1CN(C(=O)CN2CCc3ccccc32)CCO1. The number of amides is 1.